The van der Waals surface area contributed by atoms with Crippen LogP contribution in [0.5, 0.6) is 0 Å². The van der Waals surface area contributed by atoms with Crippen LogP contribution in [0.2, 0.25) is 0 Å². The fraction of sp³-hybridized carbons (Fsp3) is 0.167. The Morgan fingerprint density at radius 1 is 1.35 bits per heavy atom. The quantitative estimate of drug-likeness (QED) is 0.629. The largest absolute Gasteiger partial charge is 0.467 e. The van der Waals surface area contributed by atoms with Gasteiger partial charge in [0.25, 0.3) is 6.47 Å². The summed E-state index contributed by atoms with van der Waals surface area (Å²) in [6.07, 6.45) is 0.554. The second kappa shape index (κ2) is 5.63. The maximum absolute atomic E-state index is 9.98. The third-order valence-corrected chi connectivity index (χ3v) is 2.76. The molecule has 1 aromatic carbocycles. The molecule has 0 spiro atoms. The first-order chi connectivity index (χ1) is 8.29. The topological polar surface area (TPSA) is 52.3 Å². The standard InChI is InChI=1S/C12H10BrNO3/c13-10-3-1-9(2-4-10)12-7-11(14-17-12)5-6-16-8-15/h1-4,7-8H,5-6H2. The molecule has 0 unspecified atom stereocenters. The van der Waals surface area contributed by atoms with Crippen molar-refractivity contribution in [2.24, 2.45) is 0 Å². The van der Waals surface area contributed by atoms with Gasteiger partial charge in [-0.1, -0.05) is 33.2 Å². The fourth-order valence-corrected chi connectivity index (χ4v) is 1.66. The second-order valence-electron chi connectivity index (χ2n) is 3.41. The molecule has 0 bridgehead atoms. The maximum atomic E-state index is 9.98. The van der Waals surface area contributed by atoms with Crippen molar-refractivity contribution < 1.29 is 14.1 Å². The third-order valence-electron chi connectivity index (χ3n) is 2.23. The first kappa shape index (κ1) is 11.9. The van der Waals surface area contributed by atoms with E-state index in [4.69, 9.17) is 4.52 Å². The monoisotopic (exact) mass is 295 g/mol. The third kappa shape index (κ3) is 3.17. The van der Waals surface area contributed by atoms with Crippen LogP contribution in [-0.2, 0) is 16.0 Å². The maximum Gasteiger partial charge on any atom is 0.293 e. The van der Waals surface area contributed by atoms with Crippen molar-refractivity contribution in [1.29, 1.82) is 0 Å². The predicted molar refractivity (Wildman–Crippen MR) is 65.4 cm³/mol. The summed E-state index contributed by atoms with van der Waals surface area (Å²) in [5.41, 5.74) is 1.73. The van der Waals surface area contributed by atoms with E-state index in [2.05, 4.69) is 25.8 Å². The van der Waals surface area contributed by atoms with Gasteiger partial charge in [0.1, 0.15) is 0 Å². The average Bonchev–Trinajstić information content (AvgIpc) is 2.79. The molecule has 2 aromatic rings. The zero-order valence-corrected chi connectivity index (χ0v) is 10.5. The van der Waals surface area contributed by atoms with Crippen molar-refractivity contribution in [3.05, 3.63) is 40.5 Å². The minimum Gasteiger partial charge on any atom is -0.467 e. The van der Waals surface area contributed by atoms with Crippen molar-refractivity contribution in [1.82, 2.24) is 5.16 Å². The number of rotatable bonds is 5. The van der Waals surface area contributed by atoms with E-state index in [1.54, 1.807) is 0 Å². The summed E-state index contributed by atoms with van der Waals surface area (Å²) >= 11 is 3.37. The summed E-state index contributed by atoms with van der Waals surface area (Å²) in [5.74, 6) is 0.707. The lowest BCUT2D eigenvalue weighted by Gasteiger charge is -1.94. The van der Waals surface area contributed by atoms with Crippen molar-refractivity contribution in [2.75, 3.05) is 6.61 Å². The van der Waals surface area contributed by atoms with Crippen molar-refractivity contribution in [3.63, 3.8) is 0 Å². The van der Waals surface area contributed by atoms with Crippen molar-refractivity contribution in [3.8, 4) is 11.3 Å². The lowest BCUT2D eigenvalue weighted by Crippen LogP contribution is -1.96. The Morgan fingerprint density at radius 3 is 2.82 bits per heavy atom. The van der Waals surface area contributed by atoms with E-state index >= 15 is 0 Å². The predicted octanol–water partition coefficient (Wildman–Crippen LogP) is 2.82. The van der Waals surface area contributed by atoms with E-state index in [9.17, 15) is 4.79 Å². The fourth-order valence-electron chi connectivity index (χ4n) is 1.39. The summed E-state index contributed by atoms with van der Waals surface area (Å²) in [7, 11) is 0. The van der Waals surface area contributed by atoms with Crippen molar-refractivity contribution in [2.45, 2.75) is 6.42 Å². The Balaban J connectivity index is 2.07. The molecule has 5 heteroatoms. The van der Waals surface area contributed by atoms with E-state index in [0.29, 0.717) is 25.3 Å². The van der Waals surface area contributed by atoms with E-state index < -0.39 is 0 Å². The van der Waals surface area contributed by atoms with Crippen LogP contribution >= 0.6 is 15.9 Å². The van der Waals surface area contributed by atoms with Crippen LogP contribution in [-0.4, -0.2) is 18.2 Å². The molecule has 17 heavy (non-hydrogen) atoms. The Bertz CT molecular complexity index is 493. The van der Waals surface area contributed by atoms with E-state index in [1.807, 2.05) is 30.3 Å². The Hall–Kier alpha value is -1.62. The van der Waals surface area contributed by atoms with Crippen molar-refractivity contribution >= 4 is 22.4 Å². The molecule has 0 saturated carbocycles. The summed E-state index contributed by atoms with van der Waals surface area (Å²) < 4.78 is 10.8. The normalized spacial score (nSPS) is 10.2. The molecular weight excluding hydrogens is 286 g/mol. The first-order valence-electron chi connectivity index (χ1n) is 5.06. The number of aromatic nitrogens is 1. The van der Waals surface area contributed by atoms with E-state index in [1.165, 1.54) is 0 Å². The molecule has 1 heterocycles. The van der Waals surface area contributed by atoms with Gasteiger partial charge in [-0.05, 0) is 12.1 Å². The number of ether oxygens (including phenoxy) is 1. The summed E-state index contributed by atoms with van der Waals surface area (Å²) in [4.78, 5) is 9.98. The number of carbonyl (C=O) groups excluding carboxylic acids is 1. The second-order valence-corrected chi connectivity index (χ2v) is 4.32. The molecule has 0 aliphatic heterocycles. The number of benzene rings is 1. The SMILES string of the molecule is O=COCCc1cc(-c2ccc(Br)cc2)on1. The minimum absolute atomic E-state index is 0.315. The Morgan fingerprint density at radius 2 is 2.12 bits per heavy atom. The highest BCUT2D eigenvalue weighted by Crippen LogP contribution is 2.22. The highest BCUT2D eigenvalue weighted by molar-refractivity contribution is 9.10. The molecule has 2 rings (SSSR count). The van der Waals surface area contributed by atoms with Crippen LogP contribution in [0.15, 0.2) is 39.3 Å². The first-order valence-corrected chi connectivity index (χ1v) is 5.85. The molecule has 0 aliphatic rings. The molecule has 0 atom stereocenters. The van der Waals surface area contributed by atoms with Gasteiger partial charge in [-0.2, -0.15) is 0 Å². The molecule has 0 amide bonds. The number of hydrogen-bond donors (Lipinski definition) is 0. The smallest absolute Gasteiger partial charge is 0.293 e. The lowest BCUT2D eigenvalue weighted by atomic mass is 10.1. The van der Waals surface area contributed by atoms with Gasteiger partial charge in [0, 0.05) is 22.5 Å². The number of hydrogen-bond acceptors (Lipinski definition) is 4. The number of halogens is 1. The van der Waals surface area contributed by atoms with Gasteiger partial charge in [0.05, 0.1) is 12.3 Å². The zero-order valence-electron chi connectivity index (χ0n) is 8.93. The molecule has 0 radical (unpaired) electrons. The highest BCUT2D eigenvalue weighted by Gasteiger charge is 2.06. The molecule has 88 valence electrons. The summed E-state index contributed by atoms with van der Waals surface area (Å²) in [6, 6.07) is 9.60. The molecule has 1 aromatic heterocycles. The minimum atomic E-state index is 0.315. The van der Waals surface area contributed by atoms with Gasteiger partial charge < -0.3 is 9.26 Å². The molecule has 0 fully saturated rings. The van der Waals surface area contributed by atoms with Gasteiger partial charge in [0.2, 0.25) is 0 Å². The van der Waals surface area contributed by atoms with Gasteiger partial charge in [0.15, 0.2) is 5.76 Å². The van der Waals surface area contributed by atoms with Crippen LogP contribution < -0.4 is 0 Å². The van der Waals surface area contributed by atoms with Gasteiger partial charge >= 0.3 is 0 Å². The van der Waals surface area contributed by atoms with Gasteiger partial charge in [-0.25, -0.2) is 0 Å². The Labute approximate surface area is 107 Å². The van der Waals surface area contributed by atoms with Crippen LogP contribution in [0.4, 0.5) is 0 Å². The zero-order chi connectivity index (χ0) is 12.1. The van der Waals surface area contributed by atoms with Crippen LogP contribution in [0.25, 0.3) is 11.3 Å². The van der Waals surface area contributed by atoms with Crippen LogP contribution in [0.1, 0.15) is 5.69 Å². The van der Waals surface area contributed by atoms with E-state index in [0.717, 1.165) is 15.7 Å². The van der Waals surface area contributed by atoms with E-state index in [-0.39, 0.29) is 0 Å². The molecule has 4 nitrogen and oxygen atoms in total. The number of carbonyl (C=O) groups is 1. The Kier molecular flexibility index (Phi) is 3.93. The summed E-state index contributed by atoms with van der Waals surface area (Å²) in [6.45, 7) is 0.742. The van der Waals surface area contributed by atoms with Crippen LogP contribution in [0, 0.1) is 0 Å². The van der Waals surface area contributed by atoms with Gasteiger partial charge in [-0.15, -0.1) is 0 Å². The summed E-state index contributed by atoms with van der Waals surface area (Å²) in [5, 5.41) is 3.90. The lowest BCUT2D eigenvalue weighted by molar-refractivity contribution is -0.128. The number of nitrogens with zero attached hydrogens (tertiary/aromatic N) is 1. The average molecular weight is 296 g/mol. The van der Waals surface area contributed by atoms with Gasteiger partial charge in [-0.3, -0.25) is 4.79 Å². The highest BCUT2D eigenvalue weighted by atomic mass is 79.9. The van der Waals surface area contributed by atoms with Crippen LogP contribution in [0.3, 0.4) is 0 Å². The molecule has 0 saturated heterocycles. The molecular formula is C12H10BrNO3. The molecule has 0 N–H and O–H groups in total. The molecule has 0 aliphatic carbocycles.